The highest BCUT2D eigenvalue weighted by Crippen LogP contribution is 2.35. The molecule has 1 unspecified atom stereocenters. The molecule has 1 saturated heterocycles. The summed E-state index contributed by atoms with van der Waals surface area (Å²) in [7, 11) is -1.93. The van der Waals surface area contributed by atoms with Crippen LogP contribution in [0.2, 0.25) is 0 Å². The lowest BCUT2D eigenvalue weighted by Gasteiger charge is -2.23. The Morgan fingerprint density at radius 1 is 1.03 bits per heavy atom. The first kappa shape index (κ1) is 22.9. The van der Waals surface area contributed by atoms with Crippen LogP contribution in [0.25, 0.3) is 0 Å². The Kier molecular flexibility index (Phi) is 6.43. The van der Waals surface area contributed by atoms with Crippen LogP contribution < -0.4 is 14.9 Å². The molecule has 0 saturated carbocycles. The predicted molar refractivity (Wildman–Crippen MR) is 128 cm³/mol. The normalized spacial score (nSPS) is 15.9. The Morgan fingerprint density at radius 3 is 2.45 bits per heavy atom. The third-order valence-corrected chi connectivity index (χ3v) is 6.60. The zero-order valence-electron chi connectivity index (χ0n) is 19.0. The van der Waals surface area contributed by atoms with Crippen molar-refractivity contribution in [1.82, 2.24) is 19.9 Å². The SMILES string of the molecule is Cc1cc(Nc2cc(Nc3ccc(C4CCOC4)cc3N(C)S(C)(=O)=O)ncn2)nc(C)n1. The van der Waals surface area contributed by atoms with Crippen molar-refractivity contribution in [2.75, 3.05) is 41.5 Å². The maximum atomic E-state index is 12.3. The summed E-state index contributed by atoms with van der Waals surface area (Å²) in [4.78, 5) is 17.2. The van der Waals surface area contributed by atoms with Gasteiger partial charge in [0.15, 0.2) is 0 Å². The van der Waals surface area contributed by atoms with Crippen molar-refractivity contribution in [3.8, 4) is 0 Å². The number of sulfonamides is 1. The average molecular weight is 470 g/mol. The van der Waals surface area contributed by atoms with Gasteiger partial charge in [0.2, 0.25) is 10.0 Å². The van der Waals surface area contributed by atoms with Crippen molar-refractivity contribution in [1.29, 1.82) is 0 Å². The number of ether oxygens (including phenoxy) is 1. The number of aryl methyl sites for hydroxylation is 2. The molecule has 3 aromatic rings. The molecule has 1 atom stereocenters. The van der Waals surface area contributed by atoms with E-state index in [1.165, 1.54) is 23.9 Å². The van der Waals surface area contributed by atoms with Crippen molar-refractivity contribution in [3.63, 3.8) is 0 Å². The minimum absolute atomic E-state index is 0.250. The van der Waals surface area contributed by atoms with Gasteiger partial charge in [-0.25, -0.2) is 28.4 Å². The van der Waals surface area contributed by atoms with Gasteiger partial charge in [0.05, 0.1) is 24.2 Å². The van der Waals surface area contributed by atoms with Gasteiger partial charge in [-0.05, 0) is 38.0 Å². The minimum Gasteiger partial charge on any atom is -0.381 e. The maximum absolute atomic E-state index is 12.3. The Labute approximate surface area is 193 Å². The largest absolute Gasteiger partial charge is 0.381 e. The third kappa shape index (κ3) is 5.55. The Balaban J connectivity index is 1.63. The van der Waals surface area contributed by atoms with Gasteiger partial charge < -0.3 is 15.4 Å². The number of aromatic nitrogens is 4. The summed E-state index contributed by atoms with van der Waals surface area (Å²) in [5, 5.41) is 6.39. The van der Waals surface area contributed by atoms with E-state index in [0.717, 1.165) is 17.7 Å². The van der Waals surface area contributed by atoms with E-state index in [9.17, 15) is 8.42 Å². The number of benzene rings is 1. The minimum atomic E-state index is -3.47. The fourth-order valence-corrected chi connectivity index (χ4v) is 4.20. The standard InChI is InChI=1S/C22H27N7O3S/c1-14-9-22(26-15(2)25-14)28-21-11-20(23-13-24-21)27-18-6-5-16(17-7-8-32-12-17)10-19(18)29(3)33(4,30)31/h5-6,9-11,13,17H,7-8,12H2,1-4H3,(H2,23,24,25,26,27,28). The number of nitrogens with one attached hydrogen (secondary N) is 2. The van der Waals surface area contributed by atoms with Crippen molar-refractivity contribution >= 4 is 38.9 Å². The quantitative estimate of drug-likeness (QED) is 0.537. The molecule has 2 N–H and O–H groups in total. The van der Waals surface area contributed by atoms with Gasteiger partial charge in [-0.15, -0.1) is 0 Å². The van der Waals surface area contributed by atoms with E-state index in [1.807, 2.05) is 38.1 Å². The molecule has 1 aliphatic heterocycles. The molecule has 0 spiro atoms. The highest BCUT2D eigenvalue weighted by molar-refractivity contribution is 7.92. The number of nitrogens with zero attached hydrogens (tertiary/aromatic N) is 5. The Hall–Kier alpha value is -3.31. The summed E-state index contributed by atoms with van der Waals surface area (Å²) < 4.78 is 31.4. The summed E-state index contributed by atoms with van der Waals surface area (Å²) in [6.45, 7) is 5.07. The molecule has 0 bridgehead atoms. The molecule has 1 fully saturated rings. The van der Waals surface area contributed by atoms with Gasteiger partial charge in [0.1, 0.15) is 29.6 Å². The zero-order chi connectivity index (χ0) is 23.6. The molecule has 3 heterocycles. The highest BCUT2D eigenvalue weighted by atomic mass is 32.2. The van der Waals surface area contributed by atoms with Crippen LogP contribution in [0.5, 0.6) is 0 Å². The molecular weight excluding hydrogens is 442 g/mol. The molecule has 0 aliphatic carbocycles. The Bertz CT molecular complexity index is 1240. The van der Waals surface area contributed by atoms with Crippen molar-refractivity contribution in [2.45, 2.75) is 26.2 Å². The van der Waals surface area contributed by atoms with Gasteiger partial charge in [0, 0.05) is 37.4 Å². The molecule has 2 aromatic heterocycles. The van der Waals surface area contributed by atoms with E-state index in [4.69, 9.17) is 4.74 Å². The molecule has 33 heavy (non-hydrogen) atoms. The number of hydrogen-bond donors (Lipinski definition) is 2. The molecule has 0 amide bonds. The van der Waals surface area contributed by atoms with Crippen molar-refractivity contribution in [3.05, 3.63) is 53.7 Å². The van der Waals surface area contributed by atoms with E-state index < -0.39 is 10.0 Å². The number of rotatable bonds is 7. The predicted octanol–water partition coefficient (Wildman–Crippen LogP) is 3.27. The first-order chi connectivity index (χ1) is 15.7. The number of anilines is 5. The van der Waals surface area contributed by atoms with Gasteiger partial charge >= 0.3 is 0 Å². The lowest BCUT2D eigenvalue weighted by Crippen LogP contribution is -2.26. The molecular formula is C22H27N7O3S. The summed E-state index contributed by atoms with van der Waals surface area (Å²) >= 11 is 0. The fourth-order valence-electron chi connectivity index (χ4n) is 3.69. The molecule has 1 aromatic carbocycles. The first-order valence-electron chi connectivity index (χ1n) is 10.5. The second-order valence-corrected chi connectivity index (χ2v) is 10.1. The van der Waals surface area contributed by atoms with E-state index in [-0.39, 0.29) is 5.92 Å². The summed E-state index contributed by atoms with van der Waals surface area (Å²) in [6, 6.07) is 9.32. The maximum Gasteiger partial charge on any atom is 0.232 e. The van der Waals surface area contributed by atoms with Crippen LogP contribution in [0.15, 0.2) is 36.7 Å². The summed E-state index contributed by atoms with van der Waals surface area (Å²) in [5.41, 5.74) is 3.04. The van der Waals surface area contributed by atoms with Crippen LogP contribution in [-0.2, 0) is 14.8 Å². The average Bonchev–Trinajstić information content (AvgIpc) is 3.27. The van der Waals surface area contributed by atoms with E-state index in [0.29, 0.717) is 47.9 Å². The van der Waals surface area contributed by atoms with Gasteiger partial charge in [0.25, 0.3) is 0 Å². The Morgan fingerprint density at radius 2 is 1.79 bits per heavy atom. The molecule has 174 valence electrons. The van der Waals surface area contributed by atoms with Gasteiger partial charge in [-0.1, -0.05) is 6.07 Å². The number of hydrogen-bond acceptors (Lipinski definition) is 9. The monoisotopic (exact) mass is 469 g/mol. The van der Waals surface area contributed by atoms with Crippen LogP contribution in [0.3, 0.4) is 0 Å². The summed E-state index contributed by atoms with van der Waals surface area (Å²) in [5.74, 6) is 2.59. The topological polar surface area (TPSA) is 122 Å². The second kappa shape index (κ2) is 9.28. The second-order valence-electron chi connectivity index (χ2n) is 8.05. The smallest absolute Gasteiger partial charge is 0.232 e. The van der Waals surface area contributed by atoms with Gasteiger partial charge in [-0.3, -0.25) is 4.31 Å². The van der Waals surface area contributed by atoms with Gasteiger partial charge in [-0.2, -0.15) is 0 Å². The lowest BCUT2D eigenvalue weighted by atomic mass is 9.97. The lowest BCUT2D eigenvalue weighted by molar-refractivity contribution is 0.194. The van der Waals surface area contributed by atoms with Crippen LogP contribution in [0.4, 0.5) is 28.8 Å². The fraction of sp³-hybridized carbons (Fsp3) is 0.364. The third-order valence-electron chi connectivity index (χ3n) is 5.41. The zero-order valence-corrected chi connectivity index (χ0v) is 19.8. The molecule has 10 nitrogen and oxygen atoms in total. The van der Waals surface area contributed by atoms with Crippen LogP contribution in [0, 0.1) is 13.8 Å². The van der Waals surface area contributed by atoms with Crippen LogP contribution >= 0.6 is 0 Å². The molecule has 1 aliphatic rings. The molecule has 11 heteroatoms. The van der Waals surface area contributed by atoms with Crippen LogP contribution in [0.1, 0.15) is 29.4 Å². The van der Waals surface area contributed by atoms with Crippen molar-refractivity contribution < 1.29 is 13.2 Å². The molecule has 0 radical (unpaired) electrons. The highest BCUT2D eigenvalue weighted by Gasteiger charge is 2.22. The summed E-state index contributed by atoms with van der Waals surface area (Å²) in [6.07, 6.45) is 3.52. The molecule has 4 rings (SSSR count). The van der Waals surface area contributed by atoms with E-state index >= 15 is 0 Å². The van der Waals surface area contributed by atoms with Crippen molar-refractivity contribution in [2.24, 2.45) is 0 Å². The van der Waals surface area contributed by atoms with E-state index in [2.05, 4.69) is 30.6 Å². The van der Waals surface area contributed by atoms with E-state index in [1.54, 1.807) is 6.07 Å². The first-order valence-corrected chi connectivity index (χ1v) is 12.4. The van der Waals surface area contributed by atoms with Crippen LogP contribution in [-0.4, -0.2) is 54.9 Å².